The molecule has 2 heterocycles. The van der Waals surface area contributed by atoms with Gasteiger partial charge in [-0.1, -0.05) is 12.8 Å². The van der Waals surface area contributed by atoms with Gasteiger partial charge in [-0.2, -0.15) is 0 Å². The molecule has 2 aromatic rings. The number of anilines is 1. The molecule has 5 nitrogen and oxygen atoms in total. The van der Waals surface area contributed by atoms with Crippen molar-refractivity contribution in [3.05, 3.63) is 24.7 Å². The van der Waals surface area contributed by atoms with Gasteiger partial charge >= 0.3 is 0 Å². The van der Waals surface area contributed by atoms with Crippen molar-refractivity contribution in [2.24, 2.45) is 0 Å². The summed E-state index contributed by atoms with van der Waals surface area (Å²) in [4.78, 5) is 4.10. The molecule has 5 heteroatoms. The quantitative estimate of drug-likeness (QED) is 0.855. The van der Waals surface area contributed by atoms with Crippen molar-refractivity contribution in [3.63, 3.8) is 0 Å². The SMILES string of the molecule is Nc1ccc(-c2nncn2C2CCCC2)cn1. The van der Waals surface area contributed by atoms with Gasteiger partial charge in [-0.15, -0.1) is 10.2 Å². The van der Waals surface area contributed by atoms with Crippen LogP contribution in [0, 0.1) is 0 Å². The van der Waals surface area contributed by atoms with Gasteiger partial charge in [0.05, 0.1) is 0 Å². The van der Waals surface area contributed by atoms with Gasteiger partial charge in [0.2, 0.25) is 0 Å². The Labute approximate surface area is 99.7 Å². The van der Waals surface area contributed by atoms with Crippen LogP contribution in [0.1, 0.15) is 31.7 Å². The second-order valence-corrected chi connectivity index (χ2v) is 4.47. The lowest BCUT2D eigenvalue weighted by atomic mass is 10.2. The van der Waals surface area contributed by atoms with Crippen LogP contribution in [0.2, 0.25) is 0 Å². The predicted molar refractivity (Wildman–Crippen MR) is 65.2 cm³/mol. The predicted octanol–water partition coefficient (Wildman–Crippen LogP) is 2.04. The maximum Gasteiger partial charge on any atom is 0.165 e. The van der Waals surface area contributed by atoms with Gasteiger partial charge in [0.25, 0.3) is 0 Å². The molecule has 1 saturated carbocycles. The first kappa shape index (κ1) is 10.3. The molecule has 2 aromatic heterocycles. The molecule has 88 valence electrons. The molecule has 0 unspecified atom stereocenters. The Morgan fingerprint density at radius 1 is 1.24 bits per heavy atom. The van der Waals surface area contributed by atoms with E-state index in [1.807, 2.05) is 12.4 Å². The summed E-state index contributed by atoms with van der Waals surface area (Å²) in [6.45, 7) is 0. The average Bonchev–Trinajstić information content (AvgIpc) is 3.00. The summed E-state index contributed by atoms with van der Waals surface area (Å²) in [5, 5.41) is 8.21. The molecule has 0 atom stereocenters. The van der Waals surface area contributed by atoms with Crippen LogP contribution in [0.15, 0.2) is 24.7 Å². The second-order valence-electron chi connectivity index (χ2n) is 4.47. The Hall–Kier alpha value is -1.91. The lowest BCUT2D eigenvalue weighted by Gasteiger charge is -2.13. The number of rotatable bonds is 2. The molecular formula is C12H15N5. The van der Waals surface area contributed by atoms with E-state index >= 15 is 0 Å². The van der Waals surface area contributed by atoms with Crippen molar-refractivity contribution in [1.29, 1.82) is 0 Å². The van der Waals surface area contributed by atoms with Gasteiger partial charge in [-0.25, -0.2) is 4.98 Å². The molecule has 17 heavy (non-hydrogen) atoms. The Morgan fingerprint density at radius 3 is 2.76 bits per heavy atom. The van der Waals surface area contributed by atoms with Gasteiger partial charge < -0.3 is 10.3 Å². The molecule has 0 aromatic carbocycles. The molecule has 0 aliphatic heterocycles. The van der Waals surface area contributed by atoms with Gasteiger partial charge in [0.15, 0.2) is 5.82 Å². The van der Waals surface area contributed by atoms with Crippen LogP contribution in [0.3, 0.4) is 0 Å². The van der Waals surface area contributed by atoms with E-state index in [0.29, 0.717) is 11.9 Å². The summed E-state index contributed by atoms with van der Waals surface area (Å²) >= 11 is 0. The zero-order chi connectivity index (χ0) is 11.7. The van der Waals surface area contributed by atoms with Crippen LogP contribution >= 0.6 is 0 Å². The molecule has 0 bridgehead atoms. The summed E-state index contributed by atoms with van der Waals surface area (Å²) in [7, 11) is 0. The minimum Gasteiger partial charge on any atom is -0.384 e. The zero-order valence-electron chi connectivity index (χ0n) is 9.58. The Morgan fingerprint density at radius 2 is 2.06 bits per heavy atom. The highest BCUT2D eigenvalue weighted by Crippen LogP contribution is 2.32. The number of aromatic nitrogens is 4. The summed E-state index contributed by atoms with van der Waals surface area (Å²) in [6, 6.07) is 4.28. The summed E-state index contributed by atoms with van der Waals surface area (Å²) < 4.78 is 2.17. The highest BCUT2D eigenvalue weighted by atomic mass is 15.3. The van der Waals surface area contributed by atoms with Crippen molar-refractivity contribution in [2.45, 2.75) is 31.7 Å². The Bertz CT molecular complexity index is 496. The van der Waals surface area contributed by atoms with Crippen LogP contribution in [0.5, 0.6) is 0 Å². The minimum atomic E-state index is 0.528. The number of nitrogens with zero attached hydrogens (tertiary/aromatic N) is 4. The van der Waals surface area contributed by atoms with Crippen molar-refractivity contribution in [1.82, 2.24) is 19.7 Å². The van der Waals surface area contributed by atoms with Crippen molar-refractivity contribution in [3.8, 4) is 11.4 Å². The smallest absolute Gasteiger partial charge is 0.165 e. The van der Waals surface area contributed by atoms with Gasteiger partial charge in [0.1, 0.15) is 12.1 Å². The number of pyridine rings is 1. The van der Waals surface area contributed by atoms with E-state index in [9.17, 15) is 0 Å². The van der Waals surface area contributed by atoms with Crippen molar-refractivity contribution < 1.29 is 0 Å². The normalized spacial score (nSPS) is 16.5. The molecule has 1 aliphatic rings. The van der Waals surface area contributed by atoms with Gasteiger partial charge in [0, 0.05) is 17.8 Å². The van der Waals surface area contributed by atoms with E-state index in [-0.39, 0.29) is 0 Å². The molecule has 1 fully saturated rings. The highest BCUT2D eigenvalue weighted by molar-refractivity contribution is 5.55. The first-order valence-corrected chi connectivity index (χ1v) is 5.96. The lowest BCUT2D eigenvalue weighted by molar-refractivity contribution is 0.522. The number of nitrogens with two attached hydrogens (primary N) is 1. The third kappa shape index (κ3) is 1.88. The maximum atomic E-state index is 5.59. The Balaban J connectivity index is 1.97. The zero-order valence-corrected chi connectivity index (χ0v) is 9.58. The van der Waals surface area contributed by atoms with Crippen LogP contribution in [0.4, 0.5) is 5.82 Å². The first-order chi connectivity index (χ1) is 8.34. The van der Waals surface area contributed by atoms with E-state index in [4.69, 9.17) is 5.73 Å². The van der Waals surface area contributed by atoms with Crippen LogP contribution < -0.4 is 5.73 Å². The van der Waals surface area contributed by atoms with Gasteiger partial charge in [-0.05, 0) is 25.0 Å². The fraction of sp³-hybridized carbons (Fsp3) is 0.417. The standard InChI is InChI=1S/C12H15N5/c13-11-6-5-9(7-14-11)12-16-15-8-17(12)10-3-1-2-4-10/h5-8,10H,1-4H2,(H2,13,14). The summed E-state index contributed by atoms with van der Waals surface area (Å²) in [5.74, 6) is 1.42. The molecule has 2 N–H and O–H groups in total. The van der Waals surface area contributed by atoms with E-state index in [1.165, 1.54) is 25.7 Å². The molecule has 0 amide bonds. The van der Waals surface area contributed by atoms with Crippen LogP contribution in [-0.4, -0.2) is 19.7 Å². The lowest BCUT2D eigenvalue weighted by Crippen LogP contribution is -2.05. The fourth-order valence-electron chi connectivity index (χ4n) is 2.44. The van der Waals surface area contributed by atoms with E-state index in [0.717, 1.165) is 11.4 Å². The monoisotopic (exact) mass is 229 g/mol. The molecule has 1 aliphatic carbocycles. The molecule has 0 spiro atoms. The first-order valence-electron chi connectivity index (χ1n) is 5.96. The van der Waals surface area contributed by atoms with E-state index in [1.54, 1.807) is 12.3 Å². The number of hydrogen-bond acceptors (Lipinski definition) is 4. The number of nitrogen functional groups attached to an aromatic ring is 1. The minimum absolute atomic E-state index is 0.528. The topological polar surface area (TPSA) is 69.6 Å². The maximum absolute atomic E-state index is 5.59. The van der Waals surface area contributed by atoms with Gasteiger partial charge in [-0.3, -0.25) is 0 Å². The van der Waals surface area contributed by atoms with E-state index < -0.39 is 0 Å². The molecular weight excluding hydrogens is 214 g/mol. The highest BCUT2D eigenvalue weighted by Gasteiger charge is 2.20. The van der Waals surface area contributed by atoms with Crippen LogP contribution in [0.25, 0.3) is 11.4 Å². The largest absolute Gasteiger partial charge is 0.384 e. The van der Waals surface area contributed by atoms with Crippen LogP contribution in [-0.2, 0) is 0 Å². The molecule has 3 rings (SSSR count). The fourth-order valence-corrected chi connectivity index (χ4v) is 2.44. The second kappa shape index (κ2) is 4.16. The van der Waals surface area contributed by atoms with Crippen molar-refractivity contribution in [2.75, 3.05) is 5.73 Å². The average molecular weight is 229 g/mol. The molecule has 0 saturated heterocycles. The third-order valence-corrected chi connectivity index (χ3v) is 3.34. The van der Waals surface area contributed by atoms with Crippen molar-refractivity contribution >= 4 is 5.82 Å². The Kier molecular flexibility index (Phi) is 2.51. The summed E-state index contributed by atoms with van der Waals surface area (Å²) in [5.41, 5.74) is 6.56. The number of hydrogen-bond donors (Lipinski definition) is 1. The third-order valence-electron chi connectivity index (χ3n) is 3.34. The molecule has 0 radical (unpaired) electrons. The summed E-state index contributed by atoms with van der Waals surface area (Å²) in [6.07, 6.45) is 8.60. The van der Waals surface area contributed by atoms with E-state index in [2.05, 4.69) is 19.7 Å².